The molecule has 0 N–H and O–H groups in total. The van der Waals surface area contributed by atoms with E-state index < -0.39 is 0 Å². The van der Waals surface area contributed by atoms with Crippen molar-refractivity contribution in [1.29, 1.82) is 0 Å². The summed E-state index contributed by atoms with van der Waals surface area (Å²) in [6, 6.07) is 102. The summed E-state index contributed by atoms with van der Waals surface area (Å²) in [5, 5.41) is 0. The molecule has 19 rings (SSSR count). The molecule has 2 aliphatic carbocycles. The predicted molar refractivity (Wildman–Crippen MR) is 407 cm³/mol. The summed E-state index contributed by atoms with van der Waals surface area (Å²) in [5.41, 5.74) is 21.7. The second-order valence-electron chi connectivity index (χ2n) is 27.0. The van der Waals surface area contributed by atoms with E-state index >= 15 is 0 Å². The number of aromatic nitrogens is 4. The fourth-order valence-electron chi connectivity index (χ4n) is 17.0. The molecule has 0 bridgehead atoms. The highest BCUT2D eigenvalue weighted by Gasteiger charge is 2.51. The van der Waals surface area contributed by atoms with Crippen molar-refractivity contribution in [1.82, 2.24) is 19.9 Å². The third-order valence-corrected chi connectivity index (χ3v) is 21.4. The summed E-state index contributed by atoms with van der Waals surface area (Å²) in [6.45, 7) is -0.661. The number of anilines is 18. The van der Waals surface area contributed by atoms with Crippen molar-refractivity contribution in [2.75, 3.05) is 29.4 Å². The average Bonchev–Trinajstić information content (AvgIpc) is 0.686. The molecule has 8 heterocycles. The van der Waals surface area contributed by atoms with E-state index in [0.29, 0.717) is 11.8 Å². The average molecular weight is 1270 g/mol. The van der Waals surface area contributed by atoms with Crippen molar-refractivity contribution in [3.05, 3.63) is 303 Å². The van der Waals surface area contributed by atoms with Gasteiger partial charge in [-0.3, -0.25) is 29.5 Å². The van der Waals surface area contributed by atoms with Crippen LogP contribution in [0.1, 0.15) is 87.2 Å². The Balaban J connectivity index is 0.897. The molecule has 0 unspecified atom stereocenters. The van der Waals surface area contributed by atoms with Crippen LogP contribution in [0.15, 0.2) is 291 Å². The molecule has 10 nitrogen and oxygen atoms in total. The van der Waals surface area contributed by atoms with E-state index in [9.17, 15) is 0 Å². The maximum Gasteiger partial charge on any atom is 0.258 e. The highest BCUT2D eigenvalue weighted by atomic mass is 15.3. The molecular weight excluding hydrogens is 1190 g/mol. The van der Waals surface area contributed by atoms with Crippen LogP contribution in [-0.4, -0.2) is 33.4 Å². The van der Waals surface area contributed by atoms with Crippen LogP contribution < -0.4 is 62.2 Å². The number of fused-ring (bicyclic) bond motifs is 8. The molecule has 0 spiro atoms. The van der Waals surface area contributed by atoms with Crippen molar-refractivity contribution >= 4 is 149 Å². The highest BCUT2D eigenvalue weighted by Crippen LogP contribution is 2.51. The third-order valence-electron chi connectivity index (χ3n) is 21.4. The number of pyridine rings is 4. The van der Waals surface area contributed by atoms with Crippen molar-refractivity contribution in [3.8, 4) is 0 Å². The van der Waals surface area contributed by atoms with Crippen molar-refractivity contribution in [2.45, 2.75) is 76.0 Å². The van der Waals surface area contributed by atoms with Crippen LogP contribution >= 0.6 is 0 Å². The standard InChI is InChI=1S/C86H70B2N10/c1-9-27-59(28-10-1)61-45-49-69(50-46-61)94(65-35-17-5-18-36-65)80-57-78-82-85(90-80)96(70-51-47-62(48-52-70)60-29-11-2-12-30-60)75-44-26-25-43-71(75)87(82)72-55-73-84(92-83(72)97(78)67-39-21-7-22-40-67)98(68-41-23-8-24-42-68)86-81-77(95(66-37-19-6-20-38-66)76-53-54-89-58-74(76)88(73)81)56-79(91-86)93(63-31-13-3-14-32-63)64-33-15-4-16-34-64/h3-8,13-26,31-60H,1-2,9-12,27-30H2. The predicted octanol–water partition coefficient (Wildman–Crippen LogP) is 18.5. The fraction of sp³-hybridized carbons (Fsp3) is 0.140. The van der Waals surface area contributed by atoms with Gasteiger partial charge in [0.25, 0.3) is 13.4 Å². The summed E-state index contributed by atoms with van der Waals surface area (Å²) in [6.07, 6.45) is 16.7. The fourth-order valence-corrected chi connectivity index (χ4v) is 17.0. The first-order valence-electron chi connectivity index (χ1n) is 35.2. The minimum atomic E-state index is -0.353. The lowest BCUT2D eigenvalue weighted by atomic mass is 9.31. The molecule has 4 aromatic heterocycles. The minimum Gasteiger partial charge on any atom is -0.311 e. The number of rotatable bonds is 12. The molecule has 0 saturated heterocycles. The second-order valence-corrected chi connectivity index (χ2v) is 27.0. The molecule has 2 fully saturated rings. The van der Waals surface area contributed by atoms with Gasteiger partial charge in [0.2, 0.25) is 0 Å². The number of para-hydroxylation sites is 7. The number of benzene rings is 9. The smallest absolute Gasteiger partial charge is 0.258 e. The quantitative estimate of drug-likeness (QED) is 0.110. The number of hydrogen-bond donors (Lipinski definition) is 0. The van der Waals surface area contributed by atoms with E-state index in [2.05, 4.69) is 315 Å². The number of hydrogen-bond acceptors (Lipinski definition) is 10. The number of nitrogens with zero attached hydrogens (tertiary/aromatic N) is 10. The van der Waals surface area contributed by atoms with E-state index in [1.165, 1.54) is 80.8 Å². The van der Waals surface area contributed by atoms with Crippen LogP contribution in [0.25, 0.3) is 0 Å². The first kappa shape index (κ1) is 57.9. The zero-order valence-electron chi connectivity index (χ0n) is 54.6. The zero-order chi connectivity index (χ0) is 64.6. The summed E-state index contributed by atoms with van der Waals surface area (Å²) < 4.78 is 0. The Bertz CT molecular complexity index is 5060. The largest absolute Gasteiger partial charge is 0.311 e. The van der Waals surface area contributed by atoms with Crippen LogP contribution in [0.5, 0.6) is 0 Å². The van der Waals surface area contributed by atoms with E-state index in [-0.39, 0.29) is 13.4 Å². The van der Waals surface area contributed by atoms with E-state index in [1.54, 1.807) is 0 Å². The molecule has 0 amide bonds. The van der Waals surface area contributed by atoms with Gasteiger partial charge in [-0.15, -0.1) is 0 Å². The Labute approximate surface area is 574 Å². The lowest BCUT2D eigenvalue weighted by Gasteiger charge is -2.46. The lowest BCUT2D eigenvalue weighted by Crippen LogP contribution is -2.66. The molecule has 12 heteroatoms. The van der Waals surface area contributed by atoms with Gasteiger partial charge in [-0.1, -0.05) is 196 Å². The molecule has 470 valence electrons. The molecular formula is C86H70B2N10. The maximum atomic E-state index is 6.38. The summed E-state index contributed by atoms with van der Waals surface area (Å²) in [4.78, 5) is 37.9. The Morgan fingerprint density at radius 1 is 0.296 bits per heavy atom. The SMILES string of the molecule is c1ccc(N(c2ccc(C3CCCCC3)cc2)c2cc3c4c(n2)N(c2ccc(C5CCCCC5)cc2)c2ccccc2B4c2cc4c(nc2N3c2ccccc2)N(c2ccccc2)c2nc(N(c3ccccc3)c3ccccc3)cc3c2B4c2cnccc2N3c2ccccc2)cc1. The Morgan fingerprint density at radius 2 is 0.684 bits per heavy atom. The van der Waals surface area contributed by atoms with Crippen LogP contribution in [0.4, 0.5) is 103 Å². The second kappa shape index (κ2) is 24.3. The van der Waals surface area contributed by atoms with E-state index in [0.717, 1.165) is 130 Å². The molecule has 9 aromatic carbocycles. The van der Waals surface area contributed by atoms with Crippen molar-refractivity contribution < 1.29 is 0 Å². The molecule has 4 aliphatic heterocycles. The van der Waals surface area contributed by atoms with Gasteiger partial charge in [0.05, 0.1) is 5.69 Å². The van der Waals surface area contributed by atoms with Gasteiger partial charge in [-0.05, 0) is 191 Å². The van der Waals surface area contributed by atoms with Crippen LogP contribution in [0, 0.1) is 0 Å². The van der Waals surface area contributed by atoms with Gasteiger partial charge in [0.1, 0.15) is 34.9 Å². The normalized spacial score (nSPS) is 15.1. The Kier molecular flexibility index (Phi) is 14.4. The van der Waals surface area contributed by atoms with Gasteiger partial charge in [0.15, 0.2) is 0 Å². The molecule has 98 heavy (non-hydrogen) atoms. The molecule has 2 saturated carbocycles. The summed E-state index contributed by atoms with van der Waals surface area (Å²) >= 11 is 0. The Hall–Kier alpha value is -11.5. The van der Waals surface area contributed by atoms with Crippen LogP contribution in [0.2, 0.25) is 0 Å². The monoisotopic (exact) mass is 1260 g/mol. The van der Waals surface area contributed by atoms with Gasteiger partial charge in [0, 0.05) is 87.1 Å². The van der Waals surface area contributed by atoms with Crippen molar-refractivity contribution in [2.24, 2.45) is 0 Å². The van der Waals surface area contributed by atoms with Gasteiger partial charge in [-0.25, -0.2) is 15.0 Å². The van der Waals surface area contributed by atoms with E-state index in [4.69, 9.17) is 19.9 Å². The van der Waals surface area contributed by atoms with E-state index in [1.807, 2.05) is 6.20 Å². The van der Waals surface area contributed by atoms with Gasteiger partial charge in [-0.2, -0.15) is 0 Å². The zero-order valence-corrected chi connectivity index (χ0v) is 54.6. The first-order chi connectivity index (χ1) is 48.7. The minimum absolute atomic E-state index is 0.308. The molecule has 6 aliphatic rings. The van der Waals surface area contributed by atoms with Gasteiger partial charge >= 0.3 is 0 Å². The topological polar surface area (TPSA) is 71.0 Å². The third kappa shape index (κ3) is 9.70. The lowest BCUT2D eigenvalue weighted by molar-refractivity contribution is 0.443. The van der Waals surface area contributed by atoms with Crippen LogP contribution in [-0.2, 0) is 0 Å². The van der Waals surface area contributed by atoms with Crippen molar-refractivity contribution in [3.63, 3.8) is 0 Å². The molecule has 13 aromatic rings. The molecule has 0 radical (unpaired) electrons. The summed E-state index contributed by atoms with van der Waals surface area (Å²) in [7, 11) is 0. The van der Waals surface area contributed by atoms with Crippen LogP contribution in [0.3, 0.4) is 0 Å². The summed E-state index contributed by atoms with van der Waals surface area (Å²) in [5.74, 6) is 6.01. The van der Waals surface area contributed by atoms with Gasteiger partial charge < -0.3 is 4.90 Å². The maximum absolute atomic E-state index is 6.38. The Morgan fingerprint density at radius 3 is 1.21 bits per heavy atom. The highest BCUT2D eigenvalue weighted by molar-refractivity contribution is 7.03. The first-order valence-corrected chi connectivity index (χ1v) is 35.2. The molecule has 0 atom stereocenters.